The SMILES string of the molecule is CCNC(=O)CNC(=O)c1cc(O)cc(O)c1. The highest BCUT2D eigenvalue weighted by atomic mass is 16.3. The number of benzene rings is 1. The van der Waals surface area contributed by atoms with Gasteiger partial charge in [0.15, 0.2) is 0 Å². The summed E-state index contributed by atoms with van der Waals surface area (Å²) in [4.78, 5) is 22.6. The van der Waals surface area contributed by atoms with Crippen molar-refractivity contribution in [3.8, 4) is 11.5 Å². The summed E-state index contributed by atoms with van der Waals surface area (Å²) in [7, 11) is 0. The van der Waals surface area contributed by atoms with Gasteiger partial charge in [-0.25, -0.2) is 0 Å². The van der Waals surface area contributed by atoms with Crippen molar-refractivity contribution in [1.29, 1.82) is 0 Å². The van der Waals surface area contributed by atoms with Crippen LogP contribution >= 0.6 is 0 Å². The zero-order valence-electron chi connectivity index (χ0n) is 9.36. The monoisotopic (exact) mass is 238 g/mol. The molecule has 6 heteroatoms. The first-order valence-corrected chi connectivity index (χ1v) is 5.11. The molecule has 0 aliphatic carbocycles. The minimum atomic E-state index is -0.539. The molecule has 0 unspecified atom stereocenters. The van der Waals surface area contributed by atoms with Crippen LogP contribution in [0, 0.1) is 0 Å². The molecular weight excluding hydrogens is 224 g/mol. The lowest BCUT2D eigenvalue weighted by atomic mass is 10.2. The number of phenolic OH excluding ortho intramolecular Hbond substituents is 2. The van der Waals surface area contributed by atoms with Gasteiger partial charge in [0.25, 0.3) is 5.91 Å². The minimum absolute atomic E-state index is 0.0896. The third kappa shape index (κ3) is 4.02. The fraction of sp³-hybridized carbons (Fsp3) is 0.273. The number of likely N-dealkylation sites (N-methyl/N-ethyl adjacent to an activating group) is 1. The van der Waals surface area contributed by atoms with Crippen LogP contribution in [-0.2, 0) is 4.79 Å². The predicted molar refractivity (Wildman–Crippen MR) is 60.8 cm³/mol. The molecule has 2 amide bonds. The highest BCUT2D eigenvalue weighted by molar-refractivity contribution is 5.97. The highest BCUT2D eigenvalue weighted by Crippen LogP contribution is 2.19. The first-order valence-electron chi connectivity index (χ1n) is 5.11. The topological polar surface area (TPSA) is 98.7 Å². The summed E-state index contributed by atoms with van der Waals surface area (Å²) >= 11 is 0. The maximum Gasteiger partial charge on any atom is 0.251 e. The number of carbonyl (C=O) groups excluding carboxylic acids is 2. The second-order valence-corrected chi connectivity index (χ2v) is 3.37. The van der Waals surface area contributed by atoms with Crippen LogP contribution in [0.5, 0.6) is 11.5 Å². The summed E-state index contributed by atoms with van der Waals surface area (Å²) in [6.45, 7) is 2.11. The molecule has 1 rings (SSSR count). The Hall–Kier alpha value is -2.24. The van der Waals surface area contributed by atoms with Gasteiger partial charge in [0, 0.05) is 18.2 Å². The van der Waals surface area contributed by atoms with Gasteiger partial charge >= 0.3 is 0 Å². The maximum atomic E-state index is 11.5. The van der Waals surface area contributed by atoms with E-state index in [0.29, 0.717) is 6.54 Å². The maximum absolute atomic E-state index is 11.5. The molecule has 0 spiro atoms. The number of amides is 2. The van der Waals surface area contributed by atoms with E-state index < -0.39 is 5.91 Å². The summed E-state index contributed by atoms with van der Waals surface area (Å²) < 4.78 is 0. The van der Waals surface area contributed by atoms with E-state index in [1.807, 2.05) is 0 Å². The molecule has 0 saturated carbocycles. The van der Waals surface area contributed by atoms with Crippen molar-refractivity contribution in [3.63, 3.8) is 0 Å². The Morgan fingerprint density at radius 2 is 1.71 bits per heavy atom. The molecule has 0 aliphatic heterocycles. The van der Waals surface area contributed by atoms with Crippen molar-refractivity contribution in [1.82, 2.24) is 10.6 Å². The molecule has 17 heavy (non-hydrogen) atoms. The van der Waals surface area contributed by atoms with E-state index in [2.05, 4.69) is 10.6 Å². The van der Waals surface area contributed by atoms with Crippen LogP contribution < -0.4 is 10.6 Å². The van der Waals surface area contributed by atoms with E-state index in [-0.39, 0.29) is 29.5 Å². The Morgan fingerprint density at radius 3 is 2.24 bits per heavy atom. The number of nitrogens with one attached hydrogen (secondary N) is 2. The van der Waals surface area contributed by atoms with E-state index >= 15 is 0 Å². The molecule has 92 valence electrons. The van der Waals surface area contributed by atoms with Gasteiger partial charge in [0.1, 0.15) is 11.5 Å². The predicted octanol–water partition coefficient (Wildman–Crippen LogP) is -0.0363. The Kier molecular flexibility index (Phi) is 4.33. The largest absolute Gasteiger partial charge is 0.508 e. The molecule has 0 fully saturated rings. The van der Waals surface area contributed by atoms with Crippen molar-refractivity contribution < 1.29 is 19.8 Å². The smallest absolute Gasteiger partial charge is 0.251 e. The van der Waals surface area contributed by atoms with E-state index in [0.717, 1.165) is 6.07 Å². The molecule has 6 nitrogen and oxygen atoms in total. The van der Waals surface area contributed by atoms with Gasteiger partial charge < -0.3 is 20.8 Å². The van der Waals surface area contributed by atoms with E-state index in [1.165, 1.54) is 12.1 Å². The standard InChI is InChI=1S/C11H14N2O4/c1-2-12-10(16)6-13-11(17)7-3-8(14)5-9(15)4-7/h3-5,14-15H,2,6H2,1H3,(H,12,16)(H,13,17). The van der Waals surface area contributed by atoms with E-state index in [9.17, 15) is 19.8 Å². The lowest BCUT2D eigenvalue weighted by Crippen LogP contribution is -2.36. The quantitative estimate of drug-likeness (QED) is 0.591. The van der Waals surface area contributed by atoms with Gasteiger partial charge in [0.05, 0.1) is 6.54 Å². The molecule has 0 bridgehead atoms. The van der Waals surface area contributed by atoms with Crippen LogP contribution in [0.1, 0.15) is 17.3 Å². The second kappa shape index (κ2) is 5.74. The average Bonchev–Trinajstić information content (AvgIpc) is 2.25. The van der Waals surface area contributed by atoms with Crippen LogP contribution in [0.15, 0.2) is 18.2 Å². The summed E-state index contributed by atoms with van der Waals surface area (Å²) in [5, 5.41) is 23.3. The number of aromatic hydroxyl groups is 2. The Bertz CT molecular complexity index is 411. The molecule has 0 saturated heterocycles. The van der Waals surface area contributed by atoms with Crippen molar-refractivity contribution in [3.05, 3.63) is 23.8 Å². The average molecular weight is 238 g/mol. The summed E-state index contributed by atoms with van der Waals surface area (Å²) in [6.07, 6.45) is 0. The first kappa shape index (κ1) is 12.8. The van der Waals surface area contributed by atoms with Crippen molar-refractivity contribution >= 4 is 11.8 Å². The summed E-state index contributed by atoms with van der Waals surface area (Å²) in [5.74, 6) is -1.27. The Balaban J connectivity index is 2.61. The third-order valence-corrected chi connectivity index (χ3v) is 1.95. The normalized spacial score (nSPS) is 9.71. The van der Waals surface area contributed by atoms with Crippen molar-refractivity contribution in [2.45, 2.75) is 6.92 Å². The molecular formula is C11H14N2O4. The summed E-state index contributed by atoms with van der Waals surface area (Å²) in [5.41, 5.74) is 0.0896. The molecule has 1 aromatic carbocycles. The zero-order valence-corrected chi connectivity index (χ0v) is 9.36. The molecule has 0 radical (unpaired) electrons. The molecule has 1 aromatic rings. The van der Waals surface area contributed by atoms with Gasteiger partial charge in [-0.1, -0.05) is 0 Å². The van der Waals surface area contributed by atoms with Gasteiger partial charge in [-0.05, 0) is 19.1 Å². The lowest BCUT2D eigenvalue weighted by Gasteiger charge is -2.06. The Labute approximate surface area is 98.3 Å². The number of carbonyl (C=O) groups is 2. The van der Waals surface area contributed by atoms with Gasteiger partial charge in [-0.3, -0.25) is 9.59 Å². The van der Waals surface area contributed by atoms with Crippen LogP contribution in [0.4, 0.5) is 0 Å². The van der Waals surface area contributed by atoms with Crippen LogP contribution in [-0.4, -0.2) is 35.1 Å². The molecule has 0 aromatic heterocycles. The third-order valence-electron chi connectivity index (χ3n) is 1.95. The van der Waals surface area contributed by atoms with Crippen LogP contribution in [0.2, 0.25) is 0 Å². The molecule has 0 aliphatic rings. The fourth-order valence-corrected chi connectivity index (χ4v) is 1.25. The van der Waals surface area contributed by atoms with Gasteiger partial charge in [-0.2, -0.15) is 0 Å². The highest BCUT2D eigenvalue weighted by Gasteiger charge is 2.09. The fourth-order valence-electron chi connectivity index (χ4n) is 1.25. The molecule has 0 atom stereocenters. The number of hydrogen-bond donors (Lipinski definition) is 4. The number of rotatable bonds is 4. The van der Waals surface area contributed by atoms with Gasteiger partial charge in [0.2, 0.25) is 5.91 Å². The number of phenols is 2. The Morgan fingerprint density at radius 1 is 1.12 bits per heavy atom. The first-order chi connectivity index (χ1) is 8.02. The zero-order chi connectivity index (χ0) is 12.8. The second-order valence-electron chi connectivity index (χ2n) is 3.37. The van der Waals surface area contributed by atoms with Crippen molar-refractivity contribution in [2.75, 3.05) is 13.1 Å². The molecule has 4 N–H and O–H groups in total. The lowest BCUT2D eigenvalue weighted by molar-refractivity contribution is -0.120. The summed E-state index contributed by atoms with van der Waals surface area (Å²) in [6, 6.07) is 3.51. The van der Waals surface area contributed by atoms with Crippen LogP contribution in [0.25, 0.3) is 0 Å². The van der Waals surface area contributed by atoms with Crippen LogP contribution in [0.3, 0.4) is 0 Å². The van der Waals surface area contributed by atoms with Gasteiger partial charge in [-0.15, -0.1) is 0 Å². The van der Waals surface area contributed by atoms with Crippen molar-refractivity contribution in [2.24, 2.45) is 0 Å². The van der Waals surface area contributed by atoms with E-state index in [1.54, 1.807) is 6.92 Å². The number of hydrogen-bond acceptors (Lipinski definition) is 4. The minimum Gasteiger partial charge on any atom is -0.508 e. The molecule has 0 heterocycles. The van der Waals surface area contributed by atoms with E-state index in [4.69, 9.17) is 0 Å².